The lowest BCUT2D eigenvalue weighted by Crippen LogP contribution is -2.35. The maximum atomic E-state index is 12.2. The Hall–Kier alpha value is -2.14. The molecule has 100 valence electrons. The third-order valence-corrected chi connectivity index (χ3v) is 2.79. The molecule has 0 spiro atoms. The number of nitrogens with one attached hydrogen (secondary N) is 1. The first-order chi connectivity index (χ1) is 9.13. The summed E-state index contributed by atoms with van der Waals surface area (Å²) in [4.78, 5) is 12.2. The van der Waals surface area contributed by atoms with Crippen LogP contribution in [0, 0.1) is 6.92 Å². The smallest absolute Gasteiger partial charge is 0.257 e. The summed E-state index contributed by atoms with van der Waals surface area (Å²) in [6, 6.07) is 9.05. The van der Waals surface area contributed by atoms with Crippen molar-refractivity contribution in [3.8, 4) is 11.3 Å². The fourth-order valence-electron chi connectivity index (χ4n) is 1.77. The highest BCUT2D eigenvalue weighted by molar-refractivity contribution is 6.00. The first-order valence-corrected chi connectivity index (χ1v) is 6.07. The van der Waals surface area contributed by atoms with E-state index < -0.39 is 0 Å². The number of nitrogens with zero attached hydrogens (tertiary/aromatic N) is 1. The van der Waals surface area contributed by atoms with Crippen LogP contribution in [0.25, 0.3) is 11.3 Å². The van der Waals surface area contributed by atoms with Gasteiger partial charge in [0.2, 0.25) is 0 Å². The second kappa shape index (κ2) is 5.67. The summed E-state index contributed by atoms with van der Waals surface area (Å²) in [5, 5.41) is 15.6. The van der Waals surface area contributed by atoms with E-state index in [0.29, 0.717) is 17.0 Å². The number of aliphatic hydroxyl groups is 1. The molecule has 0 aliphatic carbocycles. The summed E-state index contributed by atoms with van der Waals surface area (Å²) < 4.78 is 5.11. The van der Waals surface area contributed by atoms with E-state index in [-0.39, 0.29) is 18.6 Å². The van der Waals surface area contributed by atoms with Gasteiger partial charge < -0.3 is 14.9 Å². The summed E-state index contributed by atoms with van der Waals surface area (Å²) in [6.07, 6.45) is 0. The van der Waals surface area contributed by atoms with Gasteiger partial charge in [-0.25, -0.2) is 0 Å². The predicted molar refractivity (Wildman–Crippen MR) is 70.7 cm³/mol. The maximum Gasteiger partial charge on any atom is 0.257 e. The summed E-state index contributed by atoms with van der Waals surface area (Å²) in [5.41, 5.74) is 1.74. The summed E-state index contributed by atoms with van der Waals surface area (Å²) >= 11 is 0. The highest BCUT2D eigenvalue weighted by atomic mass is 16.5. The van der Waals surface area contributed by atoms with Crippen molar-refractivity contribution < 1.29 is 14.4 Å². The first kappa shape index (κ1) is 13.3. The summed E-state index contributed by atoms with van der Waals surface area (Å²) in [7, 11) is 0. The molecule has 1 heterocycles. The minimum atomic E-state index is -0.314. The number of rotatable bonds is 4. The van der Waals surface area contributed by atoms with E-state index in [1.807, 2.05) is 30.3 Å². The van der Waals surface area contributed by atoms with Crippen LogP contribution in [0.4, 0.5) is 0 Å². The van der Waals surface area contributed by atoms with Gasteiger partial charge in [0.25, 0.3) is 5.91 Å². The Morgan fingerprint density at radius 3 is 2.74 bits per heavy atom. The van der Waals surface area contributed by atoms with Crippen LogP contribution in [0.15, 0.2) is 34.9 Å². The van der Waals surface area contributed by atoms with Crippen molar-refractivity contribution in [2.75, 3.05) is 6.61 Å². The van der Waals surface area contributed by atoms with Crippen LogP contribution in [0.1, 0.15) is 23.0 Å². The molecule has 0 bridgehead atoms. The SMILES string of the molecule is Cc1onc(-c2ccccc2)c1C(=O)NC(C)CO. The third kappa shape index (κ3) is 2.82. The molecule has 0 aliphatic heterocycles. The quantitative estimate of drug-likeness (QED) is 0.878. The molecule has 1 aromatic carbocycles. The second-order valence-corrected chi connectivity index (χ2v) is 4.39. The molecule has 1 amide bonds. The molecule has 0 aliphatic rings. The van der Waals surface area contributed by atoms with Gasteiger partial charge in [-0.1, -0.05) is 35.5 Å². The average Bonchev–Trinajstić information content (AvgIpc) is 2.81. The molecular formula is C14H16N2O3. The number of aromatic nitrogens is 1. The lowest BCUT2D eigenvalue weighted by Gasteiger charge is -2.10. The van der Waals surface area contributed by atoms with Crippen molar-refractivity contribution in [3.05, 3.63) is 41.7 Å². The Morgan fingerprint density at radius 1 is 1.42 bits per heavy atom. The molecule has 2 N–H and O–H groups in total. The van der Waals surface area contributed by atoms with Gasteiger partial charge in [0.1, 0.15) is 17.0 Å². The van der Waals surface area contributed by atoms with E-state index >= 15 is 0 Å². The molecule has 19 heavy (non-hydrogen) atoms. The molecule has 1 unspecified atom stereocenters. The van der Waals surface area contributed by atoms with Gasteiger partial charge in [-0.3, -0.25) is 4.79 Å². The van der Waals surface area contributed by atoms with Crippen LogP contribution in [-0.4, -0.2) is 28.8 Å². The van der Waals surface area contributed by atoms with Crippen LogP contribution in [0.3, 0.4) is 0 Å². The van der Waals surface area contributed by atoms with E-state index in [2.05, 4.69) is 10.5 Å². The van der Waals surface area contributed by atoms with Gasteiger partial charge in [-0.15, -0.1) is 0 Å². The van der Waals surface area contributed by atoms with Gasteiger partial charge in [-0.2, -0.15) is 0 Å². The lowest BCUT2D eigenvalue weighted by molar-refractivity contribution is 0.0921. The van der Waals surface area contributed by atoms with E-state index in [9.17, 15) is 4.79 Å². The number of carbonyl (C=O) groups is 1. The standard InChI is InChI=1S/C14H16N2O3/c1-9(8-17)15-14(18)12-10(2)19-16-13(12)11-6-4-3-5-7-11/h3-7,9,17H,8H2,1-2H3,(H,15,18). The fraction of sp³-hybridized carbons (Fsp3) is 0.286. The van der Waals surface area contributed by atoms with Crippen LogP contribution < -0.4 is 5.32 Å². The molecule has 5 nitrogen and oxygen atoms in total. The van der Waals surface area contributed by atoms with E-state index in [0.717, 1.165) is 5.56 Å². The fourth-order valence-corrected chi connectivity index (χ4v) is 1.77. The van der Waals surface area contributed by atoms with E-state index in [4.69, 9.17) is 9.63 Å². The number of benzene rings is 1. The largest absolute Gasteiger partial charge is 0.394 e. The van der Waals surface area contributed by atoms with Crippen LogP contribution in [0.5, 0.6) is 0 Å². The molecule has 1 aromatic heterocycles. The number of hydrogen-bond acceptors (Lipinski definition) is 4. The Bertz CT molecular complexity index is 563. The van der Waals surface area contributed by atoms with Crippen molar-refractivity contribution in [1.29, 1.82) is 0 Å². The molecule has 1 atom stereocenters. The highest BCUT2D eigenvalue weighted by Crippen LogP contribution is 2.24. The van der Waals surface area contributed by atoms with Crippen LogP contribution in [-0.2, 0) is 0 Å². The highest BCUT2D eigenvalue weighted by Gasteiger charge is 2.22. The predicted octanol–water partition coefficient (Wildman–Crippen LogP) is 1.76. The molecular weight excluding hydrogens is 244 g/mol. The third-order valence-electron chi connectivity index (χ3n) is 2.79. The van der Waals surface area contributed by atoms with Crippen molar-refractivity contribution in [2.24, 2.45) is 0 Å². The number of amides is 1. The molecule has 5 heteroatoms. The van der Waals surface area contributed by atoms with E-state index in [1.165, 1.54) is 0 Å². The number of hydrogen-bond donors (Lipinski definition) is 2. The summed E-state index contributed by atoms with van der Waals surface area (Å²) in [5.74, 6) is 0.167. The number of aryl methyl sites for hydroxylation is 1. The Morgan fingerprint density at radius 2 is 2.11 bits per heavy atom. The molecule has 2 rings (SSSR count). The number of aliphatic hydroxyl groups excluding tert-OH is 1. The minimum absolute atomic E-state index is 0.114. The van der Waals surface area contributed by atoms with Gasteiger partial charge in [0.15, 0.2) is 0 Å². The topological polar surface area (TPSA) is 75.4 Å². The normalized spacial score (nSPS) is 12.2. The van der Waals surface area contributed by atoms with Gasteiger partial charge in [0.05, 0.1) is 6.61 Å². The van der Waals surface area contributed by atoms with Crippen LogP contribution in [0.2, 0.25) is 0 Å². The van der Waals surface area contributed by atoms with Crippen LogP contribution >= 0.6 is 0 Å². The second-order valence-electron chi connectivity index (χ2n) is 4.39. The van der Waals surface area contributed by atoms with Gasteiger partial charge in [-0.05, 0) is 13.8 Å². The molecule has 0 fully saturated rings. The first-order valence-electron chi connectivity index (χ1n) is 6.07. The molecule has 0 saturated heterocycles. The number of carbonyl (C=O) groups excluding carboxylic acids is 1. The van der Waals surface area contributed by atoms with Crippen molar-refractivity contribution in [2.45, 2.75) is 19.9 Å². The minimum Gasteiger partial charge on any atom is -0.394 e. The van der Waals surface area contributed by atoms with Crippen molar-refractivity contribution in [3.63, 3.8) is 0 Å². The summed E-state index contributed by atoms with van der Waals surface area (Å²) in [6.45, 7) is 3.30. The average molecular weight is 260 g/mol. The molecule has 0 saturated carbocycles. The Labute approximate surface area is 111 Å². The van der Waals surface area contributed by atoms with Gasteiger partial charge >= 0.3 is 0 Å². The maximum absolute atomic E-state index is 12.2. The van der Waals surface area contributed by atoms with E-state index in [1.54, 1.807) is 13.8 Å². The van der Waals surface area contributed by atoms with Gasteiger partial charge in [0, 0.05) is 11.6 Å². The lowest BCUT2D eigenvalue weighted by atomic mass is 10.1. The monoisotopic (exact) mass is 260 g/mol. The zero-order valence-corrected chi connectivity index (χ0v) is 10.9. The van der Waals surface area contributed by atoms with Crippen molar-refractivity contribution >= 4 is 5.91 Å². The Balaban J connectivity index is 2.36. The zero-order chi connectivity index (χ0) is 13.8. The molecule has 0 radical (unpaired) electrons. The molecule has 2 aromatic rings. The van der Waals surface area contributed by atoms with Crippen molar-refractivity contribution in [1.82, 2.24) is 10.5 Å². The zero-order valence-electron chi connectivity index (χ0n) is 10.9. The Kier molecular flexibility index (Phi) is 3.97.